The predicted octanol–water partition coefficient (Wildman–Crippen LogP) is 1.02. The zero-order chi connectivity index (χ0) is 14.8. The van der Waals surface area contributed by atoms with Crippen LogP contribution < -0.4 is 10.0 Å². The minimum Gasteiger partial charge on any atom is -0.327 e. The summed E-state index contributed by atoms with van der Waals surface area (Å²) in [7, 11) is -3.92. The fraction of sp³-hybridized carbons (Fsp3) is 0.333. The Labute approximate surface area is 121 Å². The molecule has 1 fully saturated rings. The van der Waals surface area contributed by atoms with Gasteiger partial charge in [-0.05, 0) is 25.5 Å². The third kappa shape index (κ3) is 3.51. The van der Waals surface area contributed by atoms with Crippen molar-refractivity contribution in [3.63, 3.8) is 0 Å². The van der Waals surface area contributed by atoms with Crippen LogP contribution in [0.15, 0.2) is 29.2 Å². The van der Waals surface area contributed by atoms with Crippen LogP contribution in [0.25, 0.3) is 0 Å². The Morgan fingerprint density at radius 1 is 1.30 bits per heavy atom. The number of hydrogen-bond acceptors (Lipinski definition) is 5. The lowest BCUT2D eigenvalue weighted by atomic mass is 10.2. The molecule has 1 aromatic rings. The number of thioether (sulfide) groups is 1. The van der Waals surface area contributed by atoms with E-state index in [1.54, 1.807) is 12.1 Å². The minimum absolute atomic E-state index is 0.00498. The van der Waals surface area contributed by atoms with Gasteiger partial charge in [-0.3, -0.25) is 4.79 Å². The van der Waals surface area contributed by atoms with Crippen molar-refractivity contribution >= 4 is 32.9 Å². The van der Waals surface area contributed by atoms with Crippen LogP contribution in [0, 0.1) is 6.92 Å². The number of hydrogen-bond donors (Lipinski definition) is 2. The topological polar surface area (TPSA) is 92.3 Å². The zero-order valence-corrected chi connectivity index (χ0v) is 12.4. The van der Waals surface area contributed by atoms with E-state index in [0.717, 1.165) is 17.3 Å². The number of sulfonamides is 1. The first-order valence-electron chi connectivity index (χ1n) is 5.95. The molecule has 1 aliphatic heterocycles. The van der Waals surface area contributed by atoms with Crippen molar-refractivity contribution in [1.29, 1.82) is 0 Å². The molecule has 2 rings (SSSR count). The standard InChI is InChI=1S/C12H14N2O4S2/c1-8-2-4-9(5-3-8)20(17,18)14-12(16)13-10-6-7-19-11(10)15/h2-5,10H,6-7H2,1H3,(H2,13,14,16)/t10-/m1/s1. The second-order valence-electron chi connectivity index (χ2n) is 4.40. The fourth-order valence-electron chi connectivity index (χ4n) is 1.71. The van der Waals surface area contributed by atoms with Crippen molar-refractivity contribution < 1.29 is 18.0 Å². The van der Waals surface area contributed by atoms with Crippen LogP contribution in [0.1, 0.15) is 12.0 Å². The summed E-state index contributed by atoms with van der Waals surface area (Å²) in [4.78, 5) is 23.0. The van der Waals surface area contributed by atoms with Crippen LogP contribution in [-0.4, -0.2) is 31.4 Å². The summed E-state index contributed by atoms with van der Waals surface area (Å²) in [5.74, 6) is 0.633. The van der Waals surface area contributed by atoms with Crippen LogP contribution in [0.2, 0.25) is 0 Å². The van der Waals surface area contributed by atoms with E-state index in [1.807, 2.05) is 11.6 Å². The monoisotopic (exact) mass is 314 g/mol. The molecule has 0 aliphatic carbocycles. The molecule has 0 spiro atoms. The molecule has 6 nitrogen and oxygen atoms in total. The summed E-state index contributed by atoms with van der Waals surface area (Å²) in [6.07, 6.45) is 0.515. The summed E-state index contributed by atoms with van der Waals surface area (Å²) < 4.78 is 25.8. The van der Waals surface area contributed by atoms with E-state index in [-0.39, 0.29) is 10.0 Å². The number of rotatable bonds is 3. The van der Waals surface area contributed by atoms with E-state index in [0.29, 0.717) is 12.2 Å². The van der Waals surface area contributed by atoms with Gasteiger partial charge in [0.05, 0.1) is 4.90 Å². The zero-order valence-electron chi connectivity index (χ0n) is 10.8. The molecule has 0 bridgehead atoms. The Balaban J connectivity index is 2.02. The second kappa shape index (κ2) is 5.84. The second-order valence-corrected chi connectivity index (χ2v) is 7.18. The Hall–Kier alpha value is -1.54. The van der Waals surface area contributed by atoms with E-state index >= 15 is 0 Å². The lowest BCUT2D eigenvalue weighted by Gasteiger charge is -2.12. The van der Waals surface area contributed by atoms with Gasteiger partial charge in [-0.25, -0.2) is 17.9 Å². The van der Waals surface area contributed by atoms with E-state index in [9.17, 15) is 18.0 Å². The first-order chi connectivity index (χ1) is 9.38. The summed E-state index contributed by atoms with van der Waals surface area (Å²) in [6.45, 7) is 1.83. The fourth-order valence-corrected chi connectivity index (χ4v) is 3.56. The quantitative estimate of drug-likeness (QED) is 0.869. The SMILES string of the molecule is Cc1ccc(S(=O)(=O)NC(=O)N[C@@H]2CCSC2=O)cc1. The van der Waals surface area contributed by atoms with Gasteiger partial charge < -0.3 is 5.32 Å². The average molecular weight is 314 g/mol. The minimum atomic E-state index is -3.92. The van der Waals surface area contributed by atoms with Gasteiger partial charge in [-0.1, -0.05) is 29.5 Å². The maximum Gasteiger partial charge on any atom is 0.329 e. The van der Waals surface area contributed by atoms with Gasteiger partial charge in [0.1, 0.15) is 6.04 Å². The number of aryl methyl sites for hydroxylation is 1. The Morgan fingerprint density at radius 2 is 1.95 bits per heavy atom. The van der Waals surface area contributed by atoms with Gasteiger partial charge in [-0.2, -0.15) is 0 Å². The van der Waals surface area contributed by atoms with Gasteiger partial charge in [0.25, 0.3) is 10.0 Å². The highest BCUT2D eigenvalue weighted by molar-refractivity contribution is 8.14. The van der Waals surface area contributed by atoms with Crippen LogP contribution in [0.3, 0.4) is 0 Å². The molecule has 1 atom stereocenters. The van der Waals surface area contributed by atoms with Crippen LogP contribution in [0.5, 0.6) is 0 Å². The van der Waals surface area contributed by atoms with Crippen molar-refractivity contribution in [2.45, 2.75) is 24.3 Å². The molecule has 0 unspecified atom stereocenters. The molecule has 2 amide bonds. The summed E-state index contributed by atoms with van der Waals surface area (Å²) in [5, 5.41) is 2.22. The highest BCUT2D eigenvalue weighted by atomic mass is 32.2. The predicted molar refractivity (Wildman–Crippen MR) is 75.9 cm³/mol. The number of amides is 2. The van der Waals surface area contributed by atoms with Crippen molar-refractivity contribution in [2.24, 2.45) is 0 Å². The van der Waals surface area contributed by atoms with Gasteiger partial charge in [0.2, 0.25) is 5.12 Å². The largest absolute Gasteiger partial charge is 0.329 e. The Kier molecular flexibility index (Phi) is 4.34. The highest BCUT2D eigenvalue weighted by Crippen LogP contribution is 2.19. The van der Waals surface area contributed by atoms with Gasteiger partial charge in [-0.15, -0.1) is 0 Å². The van der Waals surface area contributed by atoms with Crippen molar-refractivity contribution in [2.75, 3.05) is 5.75 Å². The molecule has 0 saturated carbocycles. The van der Waals surface area contributed by atoms with Crippen molar-refractivity contribution in [3.05, 3.63) is 29.8 Å². The first-order valence-corrected chi connectivity index (χ1v) is 8.42. The molecule has 2 N–H and O–H groups in total. The molecule has 0 aromatic heterocycles. The van der Waals surface area contributed by atoms with Crippen LogP contribution in [0.4, 0.5) is 4.79 Å². The number of benzene rings is 1. The number of carbonyl (C=O) groups is 2. The van der Waals surface area contributed by atoms with E-state index in [2.05, 4.69) is 5.32 Å². The Bertz CT molecular complexity index is 625. The first kappa shape index (κ1) is 14.9. The maximum absolute atomic E-state index is 11.9. The average Bonchev–Trinajstić information content (AvgIpc) is 2.74. The van der Waals surface area contributed by atoms with E-state index < -0.39 is 22.1 Å². The molecule has 8 heteroatoms. The van der Waals surface area contributed by atoms with Gasteiger partial charge in [0, 0.05) is 5.75 Å². The molecule has 1 saturated heterocycles. The van der Waals surface area contributed by atoms with Gasteiger partial charge in [0.15, 0.2) is 0 Å². The molecule has 20 heavy (non-hydrogen) atoms. The lowest BCUT2D eigenvalue weighted by molar-refractivity contribution is -0.112. The van der Waals surface area contributed by atoms with Gasteiger partial charge >= 0.3 is 6.03 Å². The Morgan fingerprint density at radius 3 is 2.50 bits per heavy atom. The molecule has 0 radical (unpaired) electrons. The number of nitrogens with one attached hydrogen (secondary N) is 2. The normalized spacial score (nSPS) is 18.9. The highest BCUT2D eigenvalue weighted by Gasteiger charge is 2.28. The number of carbonyl (C=O) groups excluding carboxylic acids is 2. The van der Waals surface area contributed by atoms with E-state index in [1.165, 1.54) is 12.1 Å². The third-order valence-electron chi connectivity index (χ3n) is 2.80. The maximum atomic E-state index is 11.9. The molecular weight excluding hydrogens is 300 g/mol. The summed E-state index contributed by atoms with van der Waals surface area (Å²) in [5.41, 5.74) is 0.918. The molecular formula is C12H14N2O4S2. The number of urea groups is 1. The molecule has 1 heterocycles. The van der Waals surface area contributed by atoms with Crippen molar-refractivity contribution in [1.82, 2.24) is 10.0 Å². The summed E-state index contributed by atoms with van der Waals surface area (Å²) in [6, 6.07) is 4.62. The summed E-state index contributed by atoms with van der Waals surface area (Å²) >= 11 is 1.13. The lowest BCUT2D eigenvalue weighted by Crippen LogP contribution is -2.45. The molecule has 108 valence electrons. The third-order valence-corrected chi connectivity index (χ3v) is 5.15. The van der Waals surface area contributed by atoms with Crippen molar-refractivity contribution in [3.8, 4) is 0 Å². The van der Waals surface area contributed by atoms with E-state index in [4.69, 9.17) is 0 Å². The smallest absolute Gasteiger partial charge is 0.327 e. The molecule has 1 aromatic carbocycles. The molecule has 1 aliphatic rings. The van der Waals surface area contributed by atoms with Crippen LogP contribution in [-0.2, 0) is 14.8 Å². The van der Waals surface area contributed by atoms with Crippen LogP contribution >= 0.6 is 11.8 Å².